The van der Waals surface area contributed by atoms with Crippen LogP contribution in [0.25, 0.3) is 10.9 Å². The standard InChI is InChI=1S/C11H10N2O2S/c1-2-16-11-8-4-3-7-12-9(8)5-6-10(11)13(14)15/h3-7H,2H2,1H3. The summed E-state index contributed by atoms with van der Waals surface area (Å²) >= 11 is 1.48. The summed E-state index contributed by atoms with van der Waals surface area (Å²) in [6.45, 7) is 1.98. The fourth-order valence-corrected chi connectivity index (χ4v) is 2.46. The van der Waals surface area contributed by atoms with Crippen LogP contribution in [0.3, 0.4) is 0 Å². The molecular weight excluding hydrogens is 224 g/mol. The maximum atomic E-state index is 10.9. The molecule has 2 rings (SSSR count). The third kappa shape index (κ3) is 1.86. The molecule has 0 aliphatic heterocycles. The summed E-state index contributed by atoms with van der Waals surface area (Å²) in [6, 6.07) is 6.87. The molecule has 0 spiro atoms. The topological polar surface area (TPSA) is 56.0 Å². The van der Waals surface area contributed by atoms with Crippen LogP contribution in [-0.4, -0.2) is 15.7 Å². The van der Waals surface area contributed by atoms with Gasteiger partial charge in [-0.2, -0.15) is 0 Å². The Morgan fingerprint density at radius 3 is 2.94 bits per heavy atom. The minimum Gasteiger partial charge on any atom is -0.258 e. The van der Waals surface area contributed by atoms with Gasteiger partial charge in [0, 0.05) is 17.6 Å². The number of benzene rings is 1. The molecule has 0 unspecified atom stereocenters. The van der Waals surface area contributed by atoms with E-state index in [1.165, 1.54) is 17.8 Å². The molecular formula is C11H10N2O2S. The highest BCUT2D eigenvalue weighted by Crippen LogP contribution is 2.35. The monoisotopic (exact) mass is 234 g/mol. The molecule has 0 amide bonds. The van der Waals surface area contributed by atoms with Gasteiger partial charge in [-0.3, -0.25) is 15.1 Å². The van der Waals surface area contributed by atoms with Crippen molar-refractivity contribution in [3.05, 3.63) is 40.6 Å². The van der Waals surface area contributed by atoms with Crippen molar-refractivity contribution in [1.82, 2.24) is 4.98 Å². The zero-order valence-corrected chi connectivity index (χ0v) is 9.53. The number of nitro benzene ring substituents is 1. The molecule has 0 aliphatic carbocycles. The molecule has 1 heterocycles. The molecule has 1 aromatic heterocycles. The molecule has 0 saturated heterocycles. The molecule has 0 radical (unpaired) electrons. The van der Waals surface area contributed by atoms with Gasteiger partial charge in [0.1, 0.15) is 0 Å². The van der Waals surface area contributed by atoms with Crippen LogP contribution in [0, 0.1) is 10.1 Å². The summed E-state index contributed by atoms with van der Waals surface area (Å²) in [6.07, 6.45) is 1.69. The Balaban J connectivity index is 2.73. The Bertz CT molecular complexity index is 542. The predicted octanol–water partition coefficient (Wildman–Crippen LogP) is 3.26. The Morgan fingerprint density at radius 2 is 2.25 bits per heavy atom. The predicted molar refractivity (Wildman–Crippen MR) is 64.8 cm³/mol. The van der Waals surface area contributed by atoms with Crippen molar-refractivity contribution in [2.75, 3.05) is 5.75 Å². The molecule has 16 heavy (non-hydrogen) atoms. The summed E-state index contributed by atoms with van der Waals surface area (Å²) in [5, 5.41) is 11.8. The van der Waals surface area contributed by atoms with E-state index in [1.807, 2.05) is 13.0 Å². The van der Waals surface area contributed by atoms with E-state index in [9.17, 15) is 10.1 Å². The lowest BCUT2D eigenvalue weighted by Gasteiger charge is -2.04. The molecule has 0 atom stereocenters. The smallest absolute Gasteiger partial charge is 0.258 e. The molecule has 0 aliphatic rings. The number of aromatic nitrogens is 1. The van der Waals surface area contributed by atoms with Crippen LogP contribution < -0.4 is 0 Å². The molecule has 0 N–H and O–H groups in total. The van der Waals surface area contributed by atoms with Gasteiger partial charge in [0.05, 0.1) is 15.3 Å². The lowest BCUT2D eigenvalue weighted by atomic mass is 10.2. The van der Waals surface area contributed by atoms with Gasteiger partial charge < -0.3 is 0 Å². The summed E-state index contributed by atoms with van der Waals surface area (Å²) in [4.78, 5) is 15.5. The largest absolute Gasteiger partial charge is 0.283 e. The second-order valence-electron chi connectivity index (χ2n) is 3.17. The summed E-state index contributed by atoms with van der Waals surface area (Å²) in [5.41, 5.74) is 0.955. The Morgan fingerprint density at radius 1 is 1.44 bits per heavy atom. The maximum absolute atomic E-state index is 10.9. The first-order valence-corrected chi connectivity index (χ1v) is 5.87. The Labute approximate surface area is 96.8 Å². The van der Waals surface area contributed by atoms with Crippen LogP contribution in [0.4, 0.5) is 5.69 Å². The van der Waals surface area contributed by atoms with Crippen molar-refractivity contribution < 1.29 is 4.92 Å². The molecule has 1 aromatic carbocycles. The van der Waals surface area contributed by atoms with E-state index >= 15 is 0 Å². The van der Waals surface area contributed by atoms with Gasteiger partial charge in [0.2, 0.25) is 0 Å². The quantitative estimate of drug-likeness (QED) is 0.464. The number of hydrogen-bond acceptors (Lipinski definition) is 4. The first-order valence-electron chi connectivity index (χ1n) is 4.89. The fraction of sp³-hybridized carbons (Fsp3) is 0.182. The fourth-order valence-electron chi connectivity index (χ4n) is 1.55. The van der Waals surface area contributed by atoms with Crippen molar-refractivity contribution in [1.29, 1.82) is 0 Å². The van der Waals surface area contributed by atoms with Crippen molar-refractivity contribution >= 4 is 28.4 Å². The van der Waals surface area contributed by atoms with E-state index < -0.39 is 0 Å². The average Bonchev–Trinajstić information content (AvgIpc) is 2.29. The number of thioether (sulfide) groups is 1. The Kier molecular flexibility index (Phi) is 3.05. The van der Waals surface area contributed by atoms with Crippen LogP contribution in [-0.2, 0) is 0 Å². The number of pyridine rings is 1. The van der Waals surface area contributed by atoms with E-state index in [0.717, 1.165) is 16.7 Å². The molecule has 4 nitrogen and oxygen atoms in total. The summed E-state index contributed by atoms with van der Waals surface area (Å²) < 4.78 is 0. The summed E-state index contributed by atoms with van der Waals surface area (Å²) in [5.74, 6) is 0.800. The van der Waals surface area contributed by atoms with Crippen LogP contribution in [0.5, 0.6) is 0 Å². The van der Waals surface area contributed by atoms with Crippen LogP contribution in [0.2, 0.25) is 0 Å². The number of fused-ring (bicyclic) bond motifs is 1. The second-order valence-corrected chi connectivity index (χ2v) is 4.45. The van der Waals surface area contributed by atoms with Gasteiger partial charge in [-0.05, 0) is 24.0 Å². The van der Waals surface area contributed by atoms with E-state index in [0.29, 0.717) is 4.90 Å². The number of nitro groups is 1. The minimum atomic E-state index is -0.343. The molecule has 5 heteroatoms. The number of rotatable bonds is 3. The van der Waals surface area contributed by atoms with Crippen LogP contribution in [0.1, 0.15) is 6.92 Å². The third-order valence-electron chi connectivity index (χ3n) is 2.20. The van der Waals surface area contributed by atoms with Gasteiger partial charge >= 0.3 is 0 Å². The third-order valence-corrected chi connectivity index (χ3v) is 3.21. The van der Waals surface area contributed by atoms with Crippen molar-refractivity contribution in [3.8, 4) is 0 Å². The highest BCUT2D eigenvalue weighted by Gasteiger charge is 2.16. The van der Waals surface area contributed by atoms with Crippen molar-refractivity contribution in [2.24, 2.45) is 0 Å². The molecule has 2 aromatic rings. The van der Waals surface area contributed by atoms with E-state index in [2.05, 4.69) is 4.98 Å². The first-order chi connectivity index (χ1) is 7.74. The zero-order chi connectivity index (χ0) is 11.5. The van der Waals surface area contributed by atoms with Crippen molar-refractivity contribution in [3.63, 3.8) is 0 Å². The average molecular weight is 234 g/mol. The van der Waals surface area contributed by atoms with Gasteiger partial charge in [-0.15, -0.1) is 11.8 Å². The normalized spacial score (nSPS) is 10.6. The highest BCUT2D eigenvalue weighted by molar-refractivity contribution is 7.99. The summed E-state index contributed by atoms with van der Waals surface area (Å²) in [7, 11) is 0. The van der Waals surface area contributed by atoms with Gasteiger partial charge in [0.15, 0.2) is 0 Å². The van der Waals surface area contributed by atoms with Crippen LogP contribution >= 0.6 is 11.8 Å². The zero-order valence-electron chi connectivity index (χ0n) is 8.71. The van der Waals surface area contributed by atoms with Gasteiger partial charge in [-0.1, -0.05) is 6.92 Å². The van der Waals surface area contributed by atoms with E-state index in [4.69, 9.17) is 0 Å². The Hall–Kier alpha value is -1.62. The highest BCUT2D eigenvalue weighted by atomic mass is 32.2. The molecule has 0 bridgehead atoms. The number of nitrogens with zero attached hydrogens (tertiary/aromatic N) is 2. The maximum Gasteiger partial charge on any atom is 0.283 e. The molecule has 0 fully saturated rings. The molecule has 0 saturated carbocycles. The lowest BCUT2D eigenvalue weighted by Crippen LogP contribution is -1.92. The van der Waals surface area contributed by atoms with E-state index in [1.54, 1.807) is 18.3 Å². The number of hydrogen-bond donors (Lipinski definition) is 0. The van der Waals surface area contributed by atoms with E-state index in [-0.39, 0.29) is 10.6 Å². The lowest BCUT2D eigenvalue weighted by molar-refractivity contribution is -0.387. The molecule has 82 valence electrons. The minimum absolute atomic E-state index is 0.160. The van der Waals surface area contributed by atoms with Gasteiger partial charge in [0.25, 0.3) is 5.69 Å². The van der Waals surface area contributed by atoms with Crippen LogP contribution in [0.15, 0.2) is 35.4 Å². The second kappa shape index (κ2) is 4.49. The SMILES string of the molecule is CCSc1c([N+](=O)[O-])ccc2ncccc12. The van der Waals surface area contributed by atoms with Gasteiger partial charge in [-0.25, -0.2) is 0 Å². The van der Waals surface area contributed by atoms with Crippen molar-refractivity contribution in [2.45, 2.75) is 11.8 Å². The first kappa shape index (κ1) is 10.9.